The number of sulfonamides is 1. The SMILES string of the molecule is O=C(O)C(F)(F)F.O=S(=O)(c1ccc2ccccc2c1)N1CCC(Nc2ccccc2Cl)CC1. The fraction of sp³-hybridized carbons (Fsp3) is 0.261. The first-order valence-electron chi connectivity index (χ1n) is 10.3. The van der Waals surface area contributed by atoms with Crippen molar-refractivity contribution in [2.45, 2.75) is 30.0 Å². The highest BCUT2D eigenvalue weighted by Crippen LogP contribution is 2.27. The second-order valence-electron chi connectivity index (χ2n) is 7.61. The normalized spacial score (nSPS) is 15.4. The Balaban J connectivity index is 0.000000406. The van der Waals surface area contributed by atoms with Crippen molar-refractivity contribution in [3.05, 3.63) is 71.8 Å². The maximum absolute atomic E-state index is 13.0. The van der Waals surface area contributed by atoms with Crippen LogP contribution in [0, 0.1) is 0 Å². The van der Waals surface area contributed by atoms with Gasteiger partial charge in [0, 0.05) is 19.1 Å². The van der Waals surface area contributed by atoms with E-state index in [1.807, 2.05) is 54.6 Å². The van der Waals surface area contributed by atoms with Gasteiger partial charge in [-0.05, 0) is 47.9 Å². The smallest absolute Gasteiger partial charge is 0.475 e. The Bertz CT molecular complexity index is 1260. The summed E-state index contributed by atoms with van der Waals surface area (Å²) in [5, 5.41) is 13.2. The molecule has 0 aromatic heterocycles. The average Bonchev–Trinajstić information content (AvgIpc) is 2.80. The van der Waals surface area contributed by atoms with E-state index in [9.17, 15) is 21.6 Å². The molecule has 182 valence electrons. The fourth-order valence-electron chi connectivity index (χ4n) is 3.52. The maximum Gasteiger partial charge on any atom is 0.490 e. The number of halogens is 4. The molecule has 1 heterocycles. The zero-order chi connectivity index (χ0) is 24.9. The number of hydrogen-bond acceptors (Lipinski definition) is 4. The van der Waals surface area contributed by atoms with Gasteiger partial charge in [-0.3, -0.25) is 0 Å². The lowest BCUT2D eigenvalue weighted by Gasteiger charge is -2.32. The largest absolute Gasteiger partial charge is 0.490 e. The van der Waals surface area contributed by atoms with Crippen LogP contribution in [-0.4, -0.2) is 49.1 Å². The van der Waals surface area contributed by atoms with Crippen LogP contribution in [0.2, 0.25) is 5.02 Å². The van der Waals surface area contributed by atoms with Crippen LogP contribution in [0.4, 0.5) is 18.9 Å². The van der Waals surface area contributed by atoms with Gasteiger partial charge in [0.05, 0.1) is 15.6 Å². The third-order valence-electron chi connectivity index (χ3n) is 5.29. The summed E-state index contributed by atoms with van der Waals surface area (Å²) < 4.78 is 59.4. The molecular weight excluding hydrogens is 493 g/mol. The summed E-state index contributed by atoms with van der Waals surface area (Å²) in [4.78, 5) is 9.26. The number of benzene rings is 3. The Morgan fingerprint density at radius 3 is 2.12 bits per heavy atom. The van der Waals surface area contributed by atoms with Crippen LogP contribution in [0.15, 0.2) is 71.6 Å². The number of carboxylic acids is 1. The van der Waals surface area contributed by atoms with Crippen LogP contribution in [0.25, 0.3) is 10.8 Å². The molecule has 0 amide bonds. The Hall–Kier alpha value is -2.82. The van der Waals surface area contributed by atoms with E-state index in [4.69, 9.17) is 21.5 Å². The van der Waals surface area contributed by atoms with Crippen LogP contribution in [0.1, 0.15) is 12.8 Å². The van der Waals surface area contributed by atoms with Crippen LogP contribution in [0.5, 0.6) is 0 Å². The number of aliphatic carboxylic acids is 1. The molecule has 0 saturated carbocycles. The zero-order valence-electron chi connectivity index (χ0n) is 17.8. The summed E-state index contributed by atoms with van der Waals surface area (Å²) in [5.41, 5.74) is 0.898. The molecule has 34 heavy (non-hydrogen) atoms. The summed E-state index contributed by atoms with van der Waals surface area (Å²) in [5.74, 6) is -2.76. The van der Waals surface area contributed by atoms with Gasteiger partial charge in [-0.2, -0.15) is 17.5 Å². The van der Waals surface area contributed by atoms with Gasteiger partial charge in [0.2, 0.25) is 10.0 Å². The summed E-state index contributed by atoms with van der Waals surface area (Å²) in [6.07, 6.45) is -3.59. The lowest BCUT2D eigenvalue weighted by molar-refractivity contribution is -0.192. The van der Waals surface area contributed by atoms with E-state index in [0.717, 1.165) is 29.3 Å². The third-order valence-corrected chi connectivity index (χ3v) is 7.51. The minimum absolute atomic E-state index is 0.216. The Morgan fingerprint density at radius 1 is 0.971 bits per heavy atom. The lowest BCUT2D eigenvalue weighted by atomic mass is 10.1. The number of alkyl halides is 3. The number of carboxylic acid groups (broad SMARTS) is 1. The highest BCUT2D eigenvalue weighted by atomic mass is 35.5. The van der Waals surface area contributed by atoms with E-state index in [1.54, 1.807) is 16.4 Å². The van der Waals surface area contributed by atoms with E-state index in [1.165, 1.54) is 0 Å². The number of anilines is 1. The summed E-state index contributed by atoms with van der Waals surface area (Å²) >= 11 is 6.20. The number of nitrogens with zero attached hydrogens (tertiary/aromatic N) is 1. The van der Waals surface area contributed by atoms with Gasteiger partial charge in [0.15, 0.2) is 0 Å². The Morgan fingerprint density at radius 2 is 1.53 bits per heavy atom. The average molecular weight is 515 g/mol. The van der Waals surface area contributed by atoms with Gasteiger partial charge in [-0.25, -0.2) is 13.2 Å². The second kappa shape index (κ2) is 10.6. The first kappa shape index (κ1) is 25.8. The van der Waals surface area contributed by atoms with Crippen molar-refractivity contribution >= 4 is 44.1 Å². The molecular formula is C23H22ClF3N2O4S. The van der Waals surface area contributed by atoms with Gasteiger partial charge >= 0.3 is 12.1 Å². The molecule has 1 aliphatic heterocycles. The molecule has 1 saturated heterocycles. The predicted octanol–water partition coefficient (Wildman–Crippen LogP) is 5.39. The third kappa shape index (κ3) is 6.40. The summed E-state index contributed by atoms with van der Waals surface area (Å²) in [7, 11) is -3.48. The molecule has 0 radical (unpaired) electrons. The molecule has 3 aromatic rings. The minimum Gasteiger partial charge on any atom is -0.475 e. The Kier molecular flexibility index (Phi) is 8.06. The maximum atomic E-state index is 13.0. The fourth-order valence-corrected chi connectivity index (χ4v) is 5.21. The molecule has 1 aliphatic rings. The Labute approximate surface area is 200 Å². The number of fused-ring (bicyclic) bond motifs is 1. The summed E-state index contributed by atoms with van der Waals surface area (Å²) in [6.45, 7) is 0.995. The first-order chi connectivity index (χ1) is 16.0. The number of piperidine rings is 1. The number of nitrogens with one attached hydrogen (secondary N) is 1. The molecule has 0 aliphatic carbocycles. The topological polar surface area (TPSA) is 86.7 Å². The van der Waals surface area contributed by atoms with Gasteiger partial charge < -0.3 is 10.4 Å². The van der Waals surface area contributed by atoms with Crippen LogP contribution >= 0.6 is 11.6 Å². The van der Waals surface area contributed by atoms with Crippen molar-refractivity contribution in [3.8, 4) is 0 Å². The monoisotopic (exact) mass is 514 g/mol. The van der Waals surface area contributed by atoms with Crippen LogP contribution in [-0.2, 0) is 14.8 Å². The van der Waals surface area contributed by atoms with Crippen LogP contribution < -0.4 is 5.32 Å². The van der Waals surface area contributed by atoms with Gasteiger partial charge in [0.25, 0.3) is 0 Å². The molecule has 3 aromatic carbocycles. The lowest BCUT2D eigenvalue weighted by Crippen LogP contribution is -2.42. The molecule has 0 unspecified atom stereocenters. The van der Waals surface area contributed by atoms with Crippen LogP contribution in [0.3, 0.4) is 0 Å². The van der Waals surface area contributed by atoms with Gasteiger partial charge in [-0.15, -0.1) is 0 Å². The minimum atomic E-state index is -5.08. The van der Waals surface area contributed by atoms with E-state index >= 15 is 0 Å². The molecule has 0 spiro atoms. The second-order valence-corrected chi connectivity index (χ2v) is 9.96. The highest BCUT2D eigenvalue weighted by Gasteiger charge is 2.38. The van der Waals surface area contributed by atoms with Crippen molar-refractivity contribution in [1.82, 2.24) is 4.31 Å². The molecule has 4 rings (SSSR count). The number of hydrogen-bond donors (Lipinski definition) is 2. The van der Waals surface area contributed by atoms with Crippen molar-refractivity contribution in [2.24, 2.45) is 0 Å². The van der Waals surface area contributed by atoms with Crippen molar-refractivity contribution < 1.29 is 31.5 Å². The molecule has 0 bridgehead atoms. The number of carbonyl (C=O) groups is 1. The van der Waals surface area contributed by atoms with E-state index < -0.39 is 22.2 Å². The zero-order valence-corrected chi connectivity index (χ0v) is 19.4. The molecule has 1 fully saturated rings. The number of rotatable bonds is 4. The van der Waals surface area contributed by atoms with E-state index in [-0.39, 0.29) is 6.04 Å². The van der Waals surface area contributed by atoms with Crippen molar-refractivity contribution in [2.75, 3.05) is 18.4 Å². The standard InChI is InChI=1S/C21H21ClN2O2S.C2HF3O2/c22-20-7-3-4-8-21(20)23-18-11-13-24(14-12-18)27(25,26)19-10-9-16-5-1-2-6-17(16)15-19;3-2(4,5)1(6)7/h1-10,15,18,23H,11-14H2;(H,6,7). The van der Waals surface area contributed by atoms with Gasteiger partial charge in [-0.1, -0.05) is 54.1 Å². The highest BCUT2D eigenvalue weighted by molar-refractivity contribution is 7.89. The quantitative estimate of drug-likeness (QED) is 0.487. The molecule has 2 N–H and O–H groups in total. The summed E-state index contributed by atoms with van der Waals surface area (Å²) in [6, 6.07) is 21.0. The molecule has 0 atom stereocenters. The predicted molar refractivity (Wildman–Crippen MR) is 124 cm³/mol. The first-order valence-corrected chi connectivity index (χ1v) is 12.1. The van der Waals surface area contributed by atoms with E-state index in [0.29, 0.717) is 23.0 Å². The van der Waals surface area contributed by atoms with Crippen molar-refractivity contribution in [3.63, 3.8) is 0 Å². The number of para-hydroxylation sites is 1. The van der Waals surface area contributed by atoms with Crippen molar-refractivity contribution in [1.29, 1.82) is 0 Å². The van der Waals surface area contributed by atoms with E-state index in [2.05, 4.69) is 5.32 Å². The molecule has 6 nitrogen and oxygen atoms in total. The van der Waals surface area contributed by atoms with Gasteiger partial charge in [0.1, 0.15) is 0 Å². The molecule has 11 heteroatoms.